The van der Waals surface area contributed by atoms with Crippen molar-refractivity contribution in [2.45, 2.75) is 25.8 Å². The van der Waals surface area contributed by atoms with E-state index in [0.29, 0.717) is 0 Å². The Balaban J connectivity index is 1.19. The molecule has 0 amide bonds. The fraction of sp³-hybridized carbons (Fsp3) is 0.481. The average Bonchev–Trinajstić information content (AvgIpc) is 3.47. The van der Waals surface area contributed by atoms with E-state index in [1.165, 1.54) is 46.4 Å². The molecule has 0 radical (unpaired) electrons. The number of ether oxygens (including phenoxy) is 1. The van der Waals surface area contributed by atoms with Gasteiger partial charge in [-0.2, -0.15) is 0 Å². The fourth-order valence-corrected chi connectivity index (χ4v) is 6.60. The number of aryl methyl sites for hydroxylation is 2. The van der Waals surface area contributed by atoms with Crippen molar-refractivity contribution < 1.29 is 4.74 Å². The van der Waals surface area contributed by atoms with Gasteiger partial charge >= 0.3 is 0 Å². The number of piperazine rings is 1. The molecule has 0 atom stereocenters. The van der Waals surface area contributed by atoms with Crippen LogP contribution in [0.1, 0.15) is 28.2 Å². The van der Waals surface area contributed by atoms with Gasteiger partial charge in [0.1, 0.15) is 16.5 Å². The molecule has 1 aliphatic carbocycles. The van der Waals surface area contributed by atoms with Gasteiger partial charge in [-0.15, -0.1) is 11.3 Å². The molecule has 2 fully saturated rings. The number of nitrogens with zero attached hydrogens (tertiary/aromatic N) is 5. The van der Waals surface area contributed by atoms with Crippen molar-refractivity contribution in [1.29, 1.82) is 0 Å². The number of thiophene rings is 1. The Morgan fingerprint density at radius 3 is 2.56 bits per heavy atom. The summed E-state index contributed by atoms with van der Waals surface area (Å²) in [6.45, 7) is 9.54. The molecule has 4 heterocycles. The molecule has 2 aromatic heterocycles. The van der Waals surface area contributed by atoms with Gasteiger partial charge in [-0.3, -0.25) is 9.80 Å². The zero-order valence-corrected chi connectivity index (χ0v) is 20.6. The number of fused-ring (bicyclic) bond motifs is 3. The SMILES string of the molecule is C(=Cc1ccccc1)CN1CCN(c2nc(CN3CCOCC3)nc3sc4c(c23)CCC4)CC1. The van der Waals surface area contributed by atoms with E-state index in [1.54, 1.807) is 4.88 Å². The van der Waals surface area contributed by atoms with E-state index < -0.39 is 0 Å². The van der Waals surface area contributed by atoms with Gasteiger partial charge < -0.3 is 9.64 Å². The van der Waals surface area contributed by atoms with Crippen molar-refractivity contribution in [2.24, 2.45) is 0 Å². The molecular formula is C27H33N5OS. The maximum absolute atomic E-state index is 5.53. The van der Waals surface area contributed by atoms with E-state index >= 15 is 0 Å². The molecule has 2 aliphatic heterocycles. The second-order valence-corrected chi connectivity index (χ2v) is 10.6. The number of hydrogen-bond acceptors (Lipinski definition) is 7. The van der Waals surface area contributed by atoms with E-state index in [1.807, 2.05) is 11.3 Å². The molecule has 1 aromatic carbocycles. The number of morpholine rings is 1. The van der Waals surface area contributed by atoms with Crippen molar-refractivity contribution >= 4 is 33.4 Å². The maximum atomic E-state index is 5.53. The quantitative estimate of drug-likeness (QED) is 0.540. The second-order valence-electron chi connectivity index (χ2n) is 9.49. The standard InChI is InChI=1S/C27H33N5OS/c1-2-6-21(7-3-1)8-5-11-30-12-14-32(15-13-30)26-25-22-9-4-10-23(22)34-27(25)29-24(28-26)20-31-16-18-33-19-17-31/h1-3,5-8H,4,9-20H2. The first-order valence-electron chi connectivity index (χ1n) is 12.6. The second kappa shape index (κ2) is 10.1. The van der Waals surface area contributed by atoms with E-state index in [4.69, 9.17) is 14.7 Å². The Kier molecular flexibility index (Phi) is 6.60. The van der Waals surface area contributed by atoms with Crippen LogP contribution >= 0.6 is 11.3 Å². The van der Waals surface area contributed by atoms with Crippen LogP contribution in [0.4, 0.5) is 5.82 Å². The van der Waals surface area contributed by atoms with Gasteiger partial charge in [-0.1, -0.05) is 42.5 Å². The van der Waals surface area contributed by atoms with E-state index in [2.05, 4.69) is 57.2 Å². The molecular weight excluding hydrogens is 442 g/mol. The molecule has 3 aliphatic rings. The minimum Gasteiger partial charge on any atom is -0.379 e. The molecule has 0 N–H and O–H groups in total. The molecule has 0 spiro atoms. The van der Waals surface area contributed by atoms with Crippen molar-refractivity contribution in [3.8, 4) is 0 Å². The summed E-state index contributed by atoms with van der Waals surface area (Å²) in [6, 6.07) is 10.6. The lowest BCUT2D eigenvalue weighted by Crippen LogP contribution is -2.46. The van der Waals surface area contributed by atoms with Crippen molar-refractivity contribution in [1.82, 2.24) is 19.8 Å². The summed E-state index contributed by atoms with van der Waals surface area (Å²) in [4.78, 5) is 20.5. The largest absolute Gasteiger partial charge is 0.379 e. The van der Waals surface area contributed by atoms with Crippen LogP contribution in [0.3, 0.4) is 0 Å². The molecule has 178 valence electrons. The number of aromatic nitrogens is 2. The van der Waals surface area contributed by atoms with E-state index in [0.717, 1.165) is 71.4 Å². The Bertz CT molecular complexity index is 1150. The van der Waals surface area contributed by atoms with Crippen molar-refractivity contribution in [2.75, 3.05) is 63.9 Å². The molecule has 34 heavy (non-hydrogen) atoms. The fourth-order valence-electron chi connectivity index (χ4n) is 5.32. The third-order valence-electron chi connectivity index (χ3n) is 7.21. The Morgan fingerprint density at radius 1 is 0.912 bits per heavy atom. The first-order valence-corrected chi connectivity index (χ1v) is 13.5. The zero-order valence-electron chi connectivity index (χ0n) is 19.8. The lowest BCUT2D eigenvalue weighted by atomic mass is 10.1. The highest BCUT2D eigenvalue weighted by Gasteiger charge is 2.27. The van der Waals surface area contributed by atoms with Gasteiger partial charge in [0, 0.05) is 50.7 Å². The van der Waals surface area contributed by atoms with Crippen molar-refractivity contribution in [3.63, 3.8) is 0 Å². The van der Waals surface area contributed by atoms with Crippen LogP contribution in [-0.4, -0.2) is 78.8 Å². The van der Waals surface area contributed by atoms with Gasteiger partial charge in [0.25, 0.3) is 0 Å². The van der Waals surface area contributed by atoms with Gasteiger partial charge in [-0.05, 0) is 30.4 Å². The molecule has 2 saturated heterocycles. The molecule has 0 unspecified atom stereocenters. The van der Waals surface area contributed by atoms with Crippen LogP contribution in [0.2, 0.25) is 0 Å². The third kappa shape index (κ3) is 4.75. The summed E-state index contributed by atoms with van der Waals surface area (Å²) in [6.07, 6.45) is 8.18. The summed E-state index contributed by atoms with van der Waals surface area (Å²) >= 11 is 1.91. The third-order valence-corrected chi connectivity index (χ3v) is 8.39. The summed E-state index contributed by atoms with van der Waals surface area (Å²) in [5, 5.41) is 1.35. The molecule has 7 heteroatoms. The van der Waals surface area contributed by atoms with E-state index in [9.17, 15) is 0 Å². The highest BCUT2D eigenvalue weighted by molar-refractivity contribution is 7.19. The smallest absolute Gasteiger partial charge is 0.146 e. The van der Waals surface area contributed by atoms with Gasteiger partial charge in [0.2, 0.25) is 0 Å². The normalized spacial score (nSPS) is 19.9. The lowest BCUT2D eigenvalue weighted by Gasteiger charge is -2.35. The van der Waals surface area contributed by atoms with Crippen LogP contribution in [0.5, 0.6) is 0 Å². The average molecular weight is 476 g/mol. The van der Waals surface area contributed by atoms with Crippen LogP contribution in [0.15, 0.2) is 36.4 Å². The summed E-state index contributed by atoms with van der Waals surface area (Å²) in [5.41, 5.74) is 2.80. The van der Waals surface area contributed by atoms with Gasteiger partial charge in [-0.25, -0.2) is 9.97 Å². The zero-order chi connectivity index (χ0) is 22.7. The molecule has 0 bridgehead atoms. The van der Waals surface area contributed by atoms with Gasteiger partial charge in [0.05, 0.1) is 25.1 Å². The number of hydrogen-bond donors (Lipinski definition) is 0. The van der Waals surface area contributed by atoms with Crippen LogP contribution in [0.25, 0.3) is 16.3 Å². The van der Waals surface area contributed by atoms with Gasteiger partial charge in [0.15, 0.2) is 0 Å². The Labute approximate surface area is 205 Å². The first-order chi connectivity index (χ1) is 16.8. The number of anilines is 1. The molecule has 0 saturated carbocycles. The molecule has 6 nitrogen and oxygen atoms in total. The van der Waals surface area contributed by atoms with Crippen LogP contribution in [0, 0.1) is 0 Å². The summed E-state index contributed by atoms with van der Waals surface area (Å²) in [7, 11) is 0. The van der Waals surface area contributed by atoms with Crippen LogP contribution < -0.4 is 4.90 Å². The van der Waals surface area contributed by atoms with Crippen molar-refractivity contribution in [3.05, 3.63) is 58.2 Å². The lowest BCUT2D eigenvalue weighted by molar-refractivity contribution is 0.0331. The topological polar surface area (TPSA) is 44.7 Å². The monoisotopic (exact) mass is 475 g/mol. The minimum atomic E-state index is 0.809. The summed E-state index contributed by atoms with van der Waals surface area (Å²) < 4.78 is 5.53. The minimum absolute atomic E-state index is 0.809. The Morgan fingerprint density at radius 2 is 1.74 bits per heavy atom. The maximum Gasteiger partial charge on any atom is 0.146 e. The first kappa shape index (κ1) is 22.2. The number of rotatable bonds is 6. The summed E-state index contributed by atoms with van der Waals surface area (Å²) in [5.74, 6) is 2.16. The highest BCUT2D eigenvalue weighted by atomic mass is 32.1. The predicted molar refractivity (Wildman–Crippen MR) is 140 cm³/mol. The molecule has 6 rings (SSSR count). The molecule has 3 aromatic rings. The van der Waals surface area contributed by atoms with Crippen LogP contribution in [-0.2, 0) is 24.1 Å². The Hall–Kier alpha value is -2.32. The van der Waals surface area contributed by atoms with E-state index in [-0.39, 0.29) is 0 Å². The predicted octanol–water partition coefficient (Wildman–Crippen LogP) is 3.85. The number of benzene rings is 1. The highest BCUT2D eigenvalue weighted by Crippen LogP contribution is 2.40.